The Hall–Kier alpha value is -6.64. The highest BCUT2D eigenvalue weighted by atomic mass is 14.8. The third kappa shape index (κ3) is 6.56. The number of hydrogen-bond donors (Lipinski definition) is 0. The van der Waals surface area contributed by atoms with Crippen LogP contribution in [0, 0.1) is 0 Å². The predicted molar refractivity (Wildman–Crippen MR) is 210 cm³/mol. The average molecular weight is 639 g/mol. The molecule has 8 aromatic rings. The second-order valence-corrected chi connectivity index (χ2v) is 12.2. The van der Waals surface area contributed by atoms with Crippen LogP contribution in [0.15, 0.2) is 194 Å². The van der Waals surface area contributed by atoms with Crippen molar-refractivity contribution < 1.29 is 0 Å². The summed E-state index contributed by atoms with van der Waals surface area (Å²) < 4.78 is 0. The molecule has 0 N–H and O–H groups in total. The zero-order valence-electron chi connectivity index (χ0n) is 27.5. The topological polar surface area (TPSA) is 25.8 Å². The Morgan fingerprint density at radius 1 is 0.320 bits per heavy atom. The van der Waals surface area contributed by atoms with Crippen LogP contribution in [-0.4, -0.2) is 9.97 Å². The minimum Gasteiger partial charge on any atom is -0.255 e. The molecule has 0 bridgehead atoms. The van der Waals surface area contributed by atoms with E-state index < -0.39 is 0 Å². The molecule has 0 amide bonds. The smallest absolute Gasteiger partial charge is 0.0899 e. The summed E-state index contributed by atoms with van der Waals surface area (Å²) in [6.45, 7) is 0. The molecule has 8 rings (SSSR count). The second-order valence-electron chi connectivity index (χ2n) is 12.2. The van der Waals surface area contributed by atoms with Gasteiger partial charge in [0.1, 0.15) is 0 Å². The molecule has 2 heterocycles. The molecule has 236 valence electrons. The molecule has 2 nitrogen and oxygen atoms in total. The minimum atomic E-state index is 0.837. The highest BCUT2D eigenvalue weighted by Gasteiger charge is 2.13. The van der Waals surface area contributed by atoms with Crippen molar-refractivity contribution in [3.05, 3.63) is 206 Å². The normalized spacial score (nSPS) is 11.1. The third-order valence-electron chi connectivity index (χ3n) is 8.99. The summed E-state index contributed by atoms with van der Waals surface area (Å²) in [4.78, 5) is 9.74. The van der Waals surface area contributed by atoms with Crippen molar-refractivity contribution >= 4 is 12.2 Å². The van der Waals surface area contributed by atoms with E-state index in [0.29, 0.717) is 0 Å². The maximum Gasteiger partial charge on any atom is 0.0899 e. The van der Waals surface area contributed by atoms with E-state index in [1.165, 1.54) is 44.5 Å². The molecule has 0 fully saturated rings. The first-order chi connectivity index (χ1) is 24.8. The summed E-state index contributed by atoms with van der Waals surface area (Å²) in [5, 5.41) is 0. The van der Waals surface area contributed by atoms with Gasteiger partial charge in [-0.1, -0.05) is 164 Å². The molecule has 2 heteroatoms. The molecule has 0 atom stereocenters. The predicted octanol–water partition coefficient (Wildman–Crippen LogP) is 12.6. The van der Waals surface area contributed by atoms with Gasteiger partial charge in [-0.3, -0.25) is 4.98 Å². The summed E-state index contributed by atoms with van der Waals surface area (Å²) in [6.07, 6.45) is 6.12. The van der Waals surface area contributed by atoms with Gasteiger partial charge < -0.3 is 0 Å². The zero-order valence-corrected chi connectivity index (χ0v) is 27.5. The summed E-state index contributed by atoms with van der Waals surface area (Å²) in [5.74, 6) is 0. The maximum absolute atomic E-state index is 5.09. The molecule has 0 spiro atoms. The molecule has 0 aliphatic heterocycles. The average Bonchev–Trinajstić information content (AvgIpc) is 3.21. The lowest BCUT2D eigenvalue weighted by Crippen LogP contribution is -1.93. The number of pyridine rings is 2. The van der Waals surface area contributed by atoms with E-state index in [4.69, 9.17) is 4.98 Å². The van der Waals surface area contributed by atoms with Crippen LogP contribution in [-0.2, 0) is 0 Å². The van der Waals surface area contributed by atoms with Crippen LogP contribution in [0.1, 0.15) is 11.3 Å². The second kappa shape index (κ2) is 14.2. The first-order valence-corrected chi connectivity index (χ1v) is 16.9. The molecule has 2 aromatic heterocycles. The fourth-order valence-corrected chi connectivity index (χ4v) is 6.58. The van der Waals surface area contributed by atoms with Crippen molar-refractivity contribution in [3.8, 4) is 67.0 Å². The molecule has 50 heavy (non-hydrogen) atoms. The van der Waals surface area contributed by atoms with E-state index in [9.17, 15) is 0 Å². The van der Waals surface area contributed by atoms with E-state index in [1.807, 2.05) is 24.4 Å². The number of aromatic nitrogens is 2. The van der Waals surface area contributed by atoms with Gasteiger partial charge in [0.2, 0.25) is 0 Å². The lowest BCUT2D eigenvalue weighted by molar-refractivity contribution is 1.23. The Morgan fingerprint density at radius 2 is 0.820 bits per heavy atom. The van der Waals surface area contributed by atoms with E-state index in [-0.39, 0.29) is 0 Å². The molecule has 0 unspecified atom stereocenters. The molecule has 0 radical (unpaired) electrons. The van der Waals surface area contributed by atoms with Gasteiger partial charge in [-0.05, 0) is 97.6 Å². The molecule has 6 aromatic carbocycles. The van der Waals surface area contributed by atoms with Crippen LogP contribution >= 0.6 is 0 Å². The largest absolute Gasteiger partial charge is 0.255 e. The van der Waals surface area contributed by atoms with Crippen LogP contribution in [0.25, 0.3) is 79.2 Å². The summed E-state index contributed by atoms with van der Waals surface area (Å²) in [7, 11) is 0. The Labute approximate surface area is 293 Å². The van der Waals surface area contributed by atoms with E-state index in [2.05, 4.69) is 187 Å². The summed E-state index contributed by atoms with van der Waals surface area (Å²) in [6, 6.07) is 66.0. The van der Waals surface area contributed by atoms with Gasteiger partial charge in [-0.15, -0.1) is 0 Å². The molecule has 0 aliphatic rings. The van der Waals surface area contributed by atoms with Gasteiger partial charge in [-0.2, -0.15) is 0 Å². The molecule has 0 aliphatic carbocycles. The standard InChI is InChI=1S/C48H34N2/c1-3-16-35(17-4-1)43-24-9-11-26-45(43)39-22-15-21-38(32-39)42-23-8-7-20-37(42)29-30-41-33-40(34-48(50-41)47-28-13-14-31-49-47)46-27-12-10-25-44(46)36-18-5-2-6-19-36/h1-34H. The quantitative estimate of drug-likeness (QED) is 0.165. The van der Waals surface area contributed by atoms with Gasteiger partial charge in [0.05, 0.1) is 17.1 Å². The fraction of sp³-hybridized carbons (Fsp3) is 0. The van der Waals surface area contributed by atoms with E-state index in [1.54, 1.807) is 0 Å². The Balaban J connectivity index is 1.19. The van der Waals surface area contributed by atoms with Crippen molar-refractivity contribution in [3.63, 3.8) is 0 Å². The maximum atomic E-state index is 5.09. The first kappa shape index (κ1) is 30.7. The van der Waals surface area contributed by atoms with Crippen LogP contribution < -0.4 is 0 Å². The third-order valence-corrected chi connectivity index (χ3v) is 8.99. The van der Waals surface area contributed by atoms with Gasteiger partial charge in [0, 0.05) is 6.20 Å². The molecular formula is C48H34N2. The SMILES string of the molecule is C(=Cc1ccccc1-c1cccc(-c2ccccc2-c2ccccc2)c1)c1cc(-c2ccccc2-c2ccccc2)cc(-c2ccccn2)n1. The summed E-state index contributed by atoms with van der Waals surface area (Å²) in [5.41, 5.74) is 15.4. The minimum absolute atomic E-state index is 0.837. The Morgan fingerprint density at radius 3 is 1.44 bits per heavy atom. The van der Waals surface area contributed by atoms with E-state index in [0.717, 1.165) is 33.8 Å². The molecule has 0 saturated heterocycles. The van der Waals surface area contributed by atoms with Gasteiger partial charge in [-0.25, -0.2) is 4.98 Å². The van der Waals surface area contributed by atoms with Crippen LogP contribution in [0.5, 0.6) is 0 Å². The van der Waals surface area contributed by atoms with Gasteiger partial charge in [0.25, 0.3) is 0 Å². The number of hydrogen-bond acceptors (Lipinski definition) is 2. The number of nitrogens with zero attached hydrogens (tertiary/aromatic N) is 2. The van der Waals surface area contributed by atoms with Crippen LogP contribution in [0.3, 0.4) is 0 Å². The van der Waals surface area contributed by atoms with Gasteiger partial charge in [0.15, 0.2) is 0 Å². The van der Waals surface area contributed by atoms with Crippen LogP contribution in [0.4, 0.5) is 0 Å². The summed E-state index contributed by atoms with van der Waals surface area (Å²) >= 11 is 0. The highest BCUT2D eigenvalue weighted by Crippen LogP contribution is 2.36. The zero-order chi connectivity index (χ0) is 33.5. The molecular weight excluding hydrogens is 605 g/mol. The van der Waals surface area contributed by atoms with Crippen molar-refractivity contribution in [2.75, 3.05) is 0 Å². The lowest BCUT2D eigenvalue weighted by atomic mass is 9.91. The van der Waals surface area contributed by atoms with Gasteiger partial charge >= 0.3 is 0 Å². The van der Waals surface area contributed by atoms with Crippen molar-refractivity contribution in [1.29, 1.82) is 0 Å². The Bertz CT molecular complexity index is 2410. The Kier molecular flexibility index (Phi) is 8.73. The highest BCUT2D eigenvalue weighted by molar-refractivity contribution is 5.89. The first-order valence-electron chi connectivity index (χ1n) is 16.9. The molecule has 0 saturated carbocycles. The van der Waals surface area contributed by atoms with Crippen molar-refractivity contribution in [2.24, 2.45) is 0 Å². The van der Waals surface area contributed by atoms with E-state index >= 15 is 0 Å². The lowest BCUT2D eigenvalue weighted by Gasteiger charge is -2.13. The van der Waals surface area contributed by atoms with Crippen LogP contribution in [0.2, 0.25) is 0 Å². The number of rotatable bonds is 8. The van der Waals surface area contributed by atoms with Crippen molar-refractivity contribution in [2.45, 2.75) is 0 Å². The number of benzene rings is 6. The monoisotopic (exact) mass is 638 g/mol. The van der Waals surface area contributed by atoms with Crippen molar-refractivity contribution in [1.82, 2.24) is 9.97 Å². The fourth-order valence-electron chi connectivity index (χ4n) is 6.58.